The molecule has 1 heterocycles. The second-order valence-electron chi connectivity index (χ2n) is 4.32. The number of terminal acetylenes is 1. The van der Waals surface area contributed by atoms with Gasteiger partial charge in [-0.05, 0) is 20.8 Å². The first-order valence-corrected chi connectivity index (χ1v) is 5.59. The maximum Gasteiger partial charge on any atom is 0.164 e. The van der Waals surface area contributed by atoms with E-state index >= 15 is 0 Å². The van der Waals surface area contributed by atoms with Gasteiger partial charge in [0.05, 0.1) is 18.5 Å². The largest absolute Gasteiger partial charge is 0.499 e. The molecule has 3 nitrogen and oxygen atoms in total. The van der Waals surface area contributed by atoms with E-state index in [1.807, 2.05) is 20.8 Å². The van der Waals surface area contributed by atoms with Gasteiger partial charge in [-0.15, -0.1) is 6.42 Å². The van der Waals surface area contributed by atoms with Gasteiger partial charge in [0.2, 0.25) is 0 Å². The Kier molecular flexibility index (Phi) is 4.40. The molecule has 0 amide bonds. The molecule has 0 unspecified atom stereocenters. The van der Waals surface area contributed by atoms with Crippen molar-refractivity contribution in [3.05, 3.63) is 12.3 Å². The minimum absolute atomic E-state index is 0.0175. The molecule has 1 rings (SSSR count). The van der Waals surface area contributed by atoms with E-state index in [4.69, 9.17) is 20.6 Å². The molecule has 0 radical (unpaired) electrons. The van der Waals surface area contributed by atoms with Gasteiger partial charge in [-0.1, -0.05) is 12.5 Å². The average molecular weight is 224 g/mol. The lowest BCUT2D eigenvalue weighted by molar-refractivity contribution is -0.288. The molecular weight excluding hydrogens is 204 g/mol. The lowest BCUT2D eigenvalue weighted by Crippen LogP contribution is -2.44. The van der Waals surface area contributed by atoms with Crippen molar-refractivity contribution in [3.63, 3.8) is 0 Å². The Hall–Kier alpha value is -0.980. The quantitative estimate of drug-likeness (QED) is 0.542. The molecular formula is C13H20O3. The van der Waals surface area contributed by atoms with Gasteiger partial charge in [0.25, 0.3) is 0 Å². The zero-order chi connectivity index (χ0) is 12.2. The number of hydrogen-bond donors (Lipinski definition) is 0. The fourth-order valence-corrected chi connectivity index (χ4v) is 1.85. The van der Waals surface area contributed by atoms with Gasteiger partial charge in [0.1, 0.15) is 6.10 Å². The summed E-state index contributed by atoms with van der Waals surface area (Å²) in [6.45, 7) is 10.1. The molecule has 0 bridgehead atoms. The Morgan fingerprint density at radius 1 is 1.56 bits per heavy atom. The van der Waals surface area contributed by atoms with E-state index in [1.165, 1.54) is 0 Å². The van der Waals surface area contributed by atoms with Crippen molar-refractivity contribution < 1.29 is 14.2 Å². The summed E-state index contributed by atoms with van der Waals surface area (Å²) >= 11 is 0. The third kappa shape index (κ3) is 3.88. The first kappa shape index (κ1) is 13.1. The molecule has 1 saturated heterocycles. The molecule has 1 aliphatic rings. The average Bonchev–Trinajstić information content (AvgIpc) is 2.15. The summed E-state index contributed by atoms with van der Waals surface area (Å²) in [5.41, 5.74) is 0. The number of rotatable bonds is 4. The molecule has 0 spiro atoms. The highest BCUT2D eigenvalue weighted by atomic mass is 16.7. The molecule has 3 heteroatoms. The van der Waals surface area contributed by atoms with Crippen molar-refractivity contribution >= 4 is 0 Å². The number of hydrogen-bond acceptors (Lipinski definition) is 3. The zero-order valence-electron chi connectivity index (χ0n) is 10.3. The number of ether oxygens (including phenoxy) is 3. The third-order valence-electron chi connectivity index (χ3n) is 2.34. The molecule has 90 valence electrons. The van der Waals surface area contributed by atoms with Gasteiger partial charge in [0.15, 0.2) is 5.79 Å². The van der Waals surface area contributed by atoms with Gasteiger partial charge in [-0.3, -0.25) is 0 Å². The molecule has 0 N–H and O–H groups in total. The molecule has 0 aliphatic carbocycles. The summed E-state index contributed by atoms with van der Waals surface area (Å²) in [5.74, 6) is 2.73. The zero-order valence-corrected chi connectivity index (χ0v) is 10.3. The van der Waals surface area contributed by atoms with Gasteiger partial charge < -0.3 is 14.2 Å². The minimum Gasteiger partial charge on any atom is -0.499 e. The highest BCUT2D eigenvalue weighted by Gasteiger charge is 2.34. The Balaban J connectivity index is 2.54. The molecule has 0 saturated carbocycles. The molecule has 0 aromatic carbocycles. The van der Waals surface area contributed by atoms with Crippen LogP contribution < -0.4 is 0 Å². The van der Waals surface area contributed by atoms with Gasteiger partial charge in [-0.2, -0.15) is 0 Å². The first-order chi connectivity index (χ1) is 7.46. The van der Waals surface area contributed by atoms with Gasteiger partial charge in [0, 0.05) is 12.8 Å². The summed E-state index contributed by atoms with van der Waals surface area (Å²) in [6.07, 6.45) is 6.57. The van der Waals surface area contributed by atoms with Crippen LogP contribution in [0.2, 0.25) is 0 Å². The second kappa shape index (κ2) is 5.38. The monoisotopic (exact) mass is 224 g/mol. The Morgan fingerprint density at radius 3 is 2.81 bits per heavy atom. The van der Waals surface area contributed by atoms with E-state index in [9.17, 15) is 0 Å². The summed E-state index contributed by atoms with van der Waals surface area (Å²) < 4.78 is 16.6. The third-order valence-corrected chi connectivity index (χ3v) is 2.34. The van der Waals surface area contributed by atoms with Crippen molar-refractivity contribution in [2.45, 2.75) is 51.6 Å². The summed E-state index contributed by atoms with van der Waals surface area (Å²) in [5, 5.41) is 0. The van der Waals surface area contributed by atoms with Crippen LogP contribution in [0.3, 0.4) is 0 Å². The molecule has 0 aromatic heterocycles. The van der Waals surface area contributed by atoms with E-state index < -0.39 is 5.79 Å². The summed E-state index contributed by atoms with van der Waals surface area (Å²) in [7, 11) is 0. The SMILES string of the molecule is C#C[C@@H]1C[C@H](CC(=C)OCC)OC(C)(C)O1. The molecule has 1 aliphatic heterocycles. The van der Waals surface area contributed by atoms with E-state index in [0.717, 1.165) is 5.76 Å². The van der Waals surface area contributed by atoms with Crippen molar-refractivity contribution in [2.75, 3.05) is 6.61 Å². The van der Waals surface area contributed by atoms with Crippen LogP contribution in [0.5, 0.6) is 0 Å². The van der Waals surface area contributed by atoms with Crippen LogP contribution in [-0.4, -0.2) is 24.6 Å². The summed E-state index contributed by atoms with van der Waals surface area (Å²) in [4.78, 5) is 0. The maximum atomic E-state index is 5.76. The Bertz CT molecular complexity index is 288. The topological polar surface area (TPSA) is 27.7 Å². The standard InChI is InChI=1S/C13H20O3/c1-6-11-9-12(8-10(3)14-7-2)16-13(4,5)15-11/h1,11-12H,3,7-9H2,2,4-5H3/t11-,12+/m1/s1. The fourth-order valence-electron chi connectivity index (χ4n) is 1.85. The van der Waals surface area contributed by atoms with E-state index in [-0.39, 0.29) is 12.2 Å². The predicted octanol–water partition coefficient (Wildman–Crippen LogP) is 2.47. The van der Waals surface area contributed by atoms with Crippen LogP contribution >= 0.6 is 0 Å². The highest BCUT2D eigenvalue weighted by Crippen LogP contribution is 2.29. The van der Waals surface area contributed by atoms with Crippen LogP contribution in [0, 0.1) is 12.3 Å². The first-order valence-electron chi connectivity index (χ1n) is 5.59. The summed E-state index contributed by atoms with van der Waals surface area (Å²) in [6, 6.07) is 0. The van der Waals surface area contributed by atoms with Crippen LogP contribution in [0.1, 0.15) is 33.6 Å². The van der Waals surface area contributed by atoms with Crippen molar-refractivity contribution in [1.82, 2.24) is 0 Å². The lowest BCUT2D eigenvalue weighted by atomic mass is 10.1. The van der Waals surface area contributed by atoms with E-state index in [2.05, 4.69) is 12.5 Å². The van der Waals surface area contributed by atoms with Crippen molar-refractivity contribution in [3.8, 4) is 12.3 Å². The van der Waals surface area contributed by atoms with Crippen LogP contribution in [-0.2, 0) is 14.2 Å². The molecule has 16 heavy (non-hydrogen) atoms. The minimum atomic E-state index is -0.632. The van der Waals surface area contributed by atoms with Crippen molar-refractivity contribution in [1.29, 1.82) is 0 Å². The van der Waals surface area contributed by atoms with Crippen LogP contribution in [0.15, 0.2) is 12.3 Å². The predicted molar refractivity (Wildman–Crippen MR) is 62.7 cm³/mol. The normalized spacial score (nSPS) is 28.1. The van der Waals surface area contributed by atoms with Gasteiger partial charge in [-0.25, -0.2) is 0 Å². The highest BCUT2D eigenvalue weighted by molar-refractivity contribution is 5.00. The molecule has 0 aromatic rings. The van der Waals surface area contributed by atoms with Crippen LogP contribution in [0.4, 0.5) is 0 Å². The van der Waals surface area contributed by atoms with E-state index in [0.29, 0.717) is 19.4 Å². The Morgan fingerprint density at radius 2 is 2.25 bits per heavy atom. The van der Waals surface area contributed by atoms with Gasteiger partial charge >= 0.3 is 0 Å². The smallest absolute Gasteiger partial charge is 0.164 e. The van der Waals surface area contributed by atoms with E-state index in [1.54, 1.807) is 0 Å². The molecule has 1 fully saturated rings. The molecule has 2 atom stereocenters. The fraction of sp³-hybridized carbons (Fsp3) is 0.692. The lowest BCUT2D eigenvalue weighted by Gasteiger charge is -2.39. The van der Waals surface area contributed by atoms with Crippen LogP contribution in [0.25, 0.3) is 0 Å². The Labute approximate surface area is 97.8 Å². The maximum absolute atomic E-state index is 5.76. The second-order valence-corrected chi connectivity index (χ2v) is 4.32. The van der Waals surface area contributed by atoms with Crippen molar-refractivity contribution in [2.24, 2.45) is 0 Å².